The minimum absolute atomic E-state index is 0.302. The molecule has 39 heavy (non-hydrogen) atoms. The lowest BCUT2D eigenvalue weighted by Gasteiger charge is -2.26. The molecule has 0 fully saturated rings. The number of carbonyl (C=O) groups is 1. The molecular formula is C29H36N8O2. The number of ether oxygens (including phenoxy) is 1. The van der Waals surface area contributed by atoms with Gasteiger partial charge in [0.15, 0.2) is 0 Å². The highest BCUT2D eigenvalue weighted by molar-refractivity contribution is 6.02. The molecule has 0 atom stereocenters. The van der Waals surface area contributed by atoms with Gasteiger partial charge in [-0.1, -0.05) is 24.8 Å². The van der Waals surface area contributed by atoms with Gasteiger partial charge in [0.2, 0.25) is 11.9 Å². The van der Waals surface area contributed by atoms with Crippen molar-refractivity contribution in [3.8, 4) is 17.0 Å². The number of likely N-dealkylation sites (N-methyl/N-ethyl adjacent to an activating group) is 2. The first kappa shape index (κ1) is 27.5. The molecule has 0 unspecified atom stereocenters. The fourth-order valence-electron chi connectivity index (χ4n) is 4.29. The zero-order chi connectivity index (χ0) is 28.1. The van der Waals surface area contributed by atoms with Crippen LogP contribution in [0.25, 0.3) is 22.2 Å². The third kappa shape index (κ3) is 6.12. The van der Waals surface area contributed by atoms with E-state index >= 15 is 0 Å². The van der Waals surface area contributed by atoms with Gasteiger partial charge in [0.05, 0.1) is 35.4 Å². The summed E-state index contributed by atoms with van der Waals surface area (Å²) in [6.45, 7) is 5.19. The third-order valence-electron chi connectivity index (χ3n) is 6.36. The molecule has 0 saturated heterocycles. The number of rotatable bonds is 11. The Bertz CT molecular complexity index is 1480. The molecule has 2 aromatic heterocycles. The standard InChI is InChI=1S/C29H36N8O2/c1-8-28(38)31-23-17-24(27(39-7)18-26(23)36(6)16-15-34(2)3)33-29-30-14-13-22(32-29)21-19-37(35(4)5)25-12-10-9-11-20(21)25/h8-14,17-19H,1,15-16H2,2-7H3,(H,31,38)(H,30,32,33). The average molecular weight is 529 g/mol. The molecule has 2 aromatic carbocycles. The van der Waals surface area contributed by atoms with Crippen molar-refractivity contribution >= 4 is 39.8 Å². The second-order valence-corrected chi connectivity index (χ2v) is 9.63. The maximum atomic E-state index is 12.3. The molecule has 0 aliphatic carbocycles. The molecule has 2 heterocycles. The summed E-state index contributed by atoms with van der Waals surface area (Å²) in [5.41, 5.74) is 4.92. The van der Waals surface area contributed by atoms with E-state index in [1.807, 2.05) is 70.6 Å². The number of nitrogens with one attached hydrogen (secondary N) is 2. The Balaban J connectivity index is 1.72. The Labute approximate surface area is 229 Å². The Morgan fingerprint density at radius 1 is 1.08 bits per heavy atom. The van der Waals surface area contributed by atoms with Crippen LogP contribution < -0.4 is 25.3 Å². The predicted octanol–water partition coefficient (Wildman–Crippen LogP) is 4.17. The topological polar surface area (TPSA) is 90.8 Å². The molecule has 0 saturated carbocycles. The summed E-state index contributed by atoms with van der Waals surface area (Å²) in [5.74, 6) is 0.697. The van der Waals surface area contributed by atoms with E-state index in [4.69, 9.17) is 9.72 Å². The van der Waals surface area contributed by atoms with Crippen molar-refractivity contribution in [1.82, 2.24) is 19.5 Å². The zero-order valence-electron chi connectivity index (χ0n) is 23.4. The molecule has 0 aliphatic rings. The number of hydrogen-bond acceptors (Lipinski definition) is 8. The van der Waals surface area contributed by atoms with Crippen molar-refractivity contribution in [2.75, 3.05) is 76.0 Å². The van der Waals surface area contributed by atoms with E-state index in [2.05, 4.69) is 55.0 Å². The molecule has 4 aromatic rings. The minimum atomic E-state index is -0.302. The SMILES string of the molecule is C=CC(=O)Nc1cc(Nc2nccc(-c3cn(N(C)C)c4ccccc34)n2)c(OC)cc1N(C)CCN(C)C. The van der Waals surface area contributed by atoms with Gasteiger partial charge < -0.3 is 30.2 Å². The molecule has 1 amide bonds. The average Bonchev–Trinajstić information content (AvgIpc) is 3.32. The summed E-state index contributed by atoms with van der Waals surface area (Å²) in [5, 5.41) is 9.32. The number of aromatic nitrogens is 3. The lowest BCUT2D eigenvalue weighted by atomic mass is 10.1. The van der Waals surface area contributed by atoms with E-state index < -0.39 is 0 Å². The summed E-state index contributed by atoms with van der Waals surface area (Å²) in [6, 6.07) is 13.8. The summed E-state index contributed by atoms with van der Waals surface area (Å²) < 4.78 is 7.81. The van der Waals surface area contributed by atoms with Crippen LogP contribution in [0.3, 0.4) is 0 Å². The maximum absolute atomic E-state index is 12.3. The van der Waals surface area contributed by atoms with Crippen LogP contribution in [-0.2, 0) is 4.79 Å². The molecule has 10 nitrogen and oxygen atoms in total. The van der Waals surface area contributed by atoms with Crippen LogP contribution in [-0.4, -0.2) is 80.9 Å². The van der Waals surface area contributed by atoms with Gasteiger partial charge in [-0.25, -0.2) is 9.97 Å². The summed E-state index contributed by atoms with van der Waals surface area (Å²) in [4.78, 5) is 25.7. The Morgan fingerprint density at radius 3 is 2.54 bits per heavy atom. The number of carbonyl (C=O) groups excluding carboxylic acids is 1. The highest BCUT2D eigenvalue weighted by atomic mass is 16.5. The number of nitrogens with zero attached hydrogens (tertiary/aromatic N) is 6. The monoisotopic (exact) mass is 528 g/mol. The van der Waals surface area contributed by atoms with E-state index in [9.17, 15) is 4.79 Å². The van der Waals surface area contributed by atoms with Crippen molar-refractivity contribution in [3.63, 3.8) is 0 Å². The van der Waals surface area contributed by atoms with Gasteiger partial charge in [0, 0.05) is 63.6 Å². The second-order valence-electron chi connectivity index (χ2n) is 9.63. The molecule has 4 rings (SSSR count). The van der Waals surface area contributed by atoms with Crippen LogP contribution >= 0.6 is 0 Å². The Kier molecular flexibility index (Phi) is 8.36. The third-order valence-corrected chi connectivity index (χ3v) is 6.36. The first-order valence-corrected chi connectivity index (χ1v) is 12.6. The number of para-hydroxylation sites is 1. The van der Waals surface area contributed by atoms with Gasteiger partial charge in [0.25, 0.3) is 0 Å². The van der Waals surface area contributed by atoms with Crippen LogP contribution in [0.4, 0.5) is 23.0 Å². The lowest BCUT2D eigenvalue weighted by Crippen LogP contribution is -2.29. The zero-order valence-corrected chi connectivity index (χ0v) is 23.4. The van der Waals surface area contributed by atoms with Gasteiger partial charge in [-0.05, 0) is 38.4 Å². The highest BCUT2D eigenvalue weighted by Gasteiger charge is 2.17. The number of fused-ring (bicyclic) bond motifs is 1. The summed E-state index contributed by atoms with van der Waals surface area (Å²) in [6.07, 6.45) is 5.04. The Hall–Kier alpha value is -4.57. The summed E-state index contributed by atoms with van der Waals surface area (Å²) in [7, 11) is 11.6. The van der Waals surface area contributed by atoms with Crippen molar-refractivity contribution in [1.29, 1.82) is 0 Å². The van der Waals surface area contributed by atoms with Gasteiger partial charge >= 0.3 is 0 Å². The smallest absolute Gasteiger partial charge is 0.247 e. The van der Waals surface area contributed by atoms with Crippen LogP contribution in [0.5, 0.6) is 5.75 Å². The first-order valence-electron chi connectivity index (χ1n) is 12.6. The van der Waals surface area contributed by atoms with Crippen molar-refractivity contribution in [2.24, 2.45) is 0 Å². The van der Waals surface area contributed by atoms with Crippen LogP contribution in [0.1, 0.15) is 0 Å². The quantitative estimate of drug-likeness (QED) is 0.281. The fraction of sp³-hybridized carbons (Fsp3) is 0.276. The predicted molar refractivity (Wildman–Crippen MR) is 160 cm³/mol. The number of hydrogen-bond donors (Lipinski definition) is 2. The maximum Gasteiger partial charge on any atom is 0.247 e. The molecule has 0 spiro atoms. The van der Waals surface area contributed by atoms with Crippen molar-refractivity contribution in [3.05, 3.63) is 67.5 Å². The van der Waals surface area contributed by atoms with E-state index in [0.29, 0.717) is 23.1 Å². The van der Waals surface area contributed by atoms with E-state index in [0.717, 1.165) is 40.9 Å². The minimum Gasteiger partial charge on any atom is -0.494 e. The van der Waals surface area contributed by atoms with E-state index in [1.54, 1.807) is 13.3 Å². The van der Waals surface area contributed by atoms with E-state index in [1.165, 1.54) is 6.08 Å². The normalized spacial score (nSPS) is 10.9. The number of benzene rings is 2. The Morgan fingerprint density at radius 2 is 1.85 bits per heavy atom. The number of anilines is 4. The highest BCUT2D eigenvalue weighted by Crippen LogP contribution is 2.38. The van der Waals surface area contributed by atoms with Gasteiger partial charge in [-0.15, -0.1) is 0 Å². The first-order chi connectivity index (χ1) is 18.7. The van der Waals surface area contributed by atoms with Gasteiger partial charge in [-0.3, -0.25) is 9.47 Å². The largest absolute Gasteiger partial charge is 0.494 e. The lowest BCUT2D eigenvalue weighted by molar-refractivity contribution is -0.111. The van der Waals surface area contributed by atoms with E-state index in [-0.39, 0.29) is 5.91 Å². The molecule has 2 N–H and O–H groups in total. The molecular weight excluding hydrogens is 492 g/mol. The fourth-order valence-corrected chi connectivity index (χ4v) is 4.29. The number of amides is 1. The number of methoxy groups -OCH3 is 1. The molecule has 0 aliphatic heterocycles. The molecule has 0 radical (unpaired) electrons. The van der Waals surface area contributed by atoms with Crippen LogP contribution in [0.2, 0.25) is 0 Å². The molecule has 0 bridgehead atoms. The van der Waals surface area contributed by atoms with Gasteiger partial charge in [0.1, 0.15) is 5.75 Å². The van der Waals surface area contributed by atoms with Crippen LogP contribution in [0, 0.1) is 0 Å². The van der Waals surface area contributed by atoms with Gasteiger partial charge in [-0.2, -0.15) is 0 Å². The summed E-state index contributed by atoms with van der Waals surface area (Å²) >= 11 is 0. The van der Waals surface area contributed by atoms with Crippen molar-refractivity contribution in [2.45, 2.75) is 0 Å². The van der Waals surface area contributed by atoms with Crippen LogP contribution in [0.15, 0.2) is 67.5 Å². The molecule has 10 heteroatoms. The molecule has 204 valence electrons. The van der Waals surface area contributed by atoms with Crippen molar-refractivity contribution < 1.29 is 9.53 Å². The second kappa shape index (κ2) is 11.9.